The molecule has 0 saturated heterocycles. The maximum absolute atomic E-state index is 5.97. The van der Waals surface area contributed by atoms with Gasteiger partial charge in [-0.3, -0.25) is 0 Å². The fraction of sp³-hybridized carbons (Fsp3) is 0.200. The third kappa shape index (κ3) is 2.91. The third-order valence-electron chi connectivity index (χ3n) is 3.10. The van der Waals surface area contributed by atoms with Crippen molar-refractivity contribution in [2.45, 2.75) is 6.92 Å². The summed E-state index contributed by atoms with van der Waals surface area (Å²) in [5, 5.41) is 3.31. The Morgan fingerprint density at radius 2 is 1.58 bits per heavy atom. The molecule has 0 aliphatic heterocycles. The van der Waals surface area contributed by atoms with E-state index in [9.17, 15) is 0 Å². The lowest BCUT2D eigenvalue weighted by Crippen LogP contribution is -2.08. The van der Waals surface area contributed by atoms with Crippen molar-refractivity contribution in [2.24, 2.45) is 0 Å². The summed E-state index contributed by atoms with van der Waals surface area (Å²) in [6.07, 6.45) is 0. The van der Waals surface area contributed by atoms with Gasteiger partial charge >= 0.3 is 0 Å². The molecule has 0 fully saturated rings. The molecule has 19 heavy (non-hydrogen) atoms. The molecule has 0 aliphatic carbocycles. The molecule has 2 rings (SSSR count). The zero-order valence-corrected chi connectivity index (χ0v) is 11.6. The van der Waals surface area contributed by atoms with Gasteiger partial charge in [0.15, 0.2) is 0 Å². The van der Waals surface area contributed by atoms with E-state index in [-0.39, 0.29) is 0 Å². The molecule has 2 aromatic rings. The maximum Gasteiger partial charge on any atom is 0.0622 e. The molecule has 0 radical (unpaired) electrons. The lowest BCUT2D eigenvalue weighted by Gasteiger charge is -2.15. The summed E-state index contributed by atoms with van der Waals surface area (Å²) >= 11 is 0. The second-order valence-corrected chi connectivity index (χ2v) is 4.86. The molecule has 0 aliphatic rings. The number of rotatable bonds is 3. The number of hydrogen-bond donors (Lipinski definition) is 3. The van der Waals surface area contributed by atoms with Crippen molar-refractivity contribution in [3.05, 3.63) is 42.0 Å². The van der Waals surface area contributed by atoms with Crippen LogP contribution in [0.25, 0.3) is 0 Å². The molecular formula is C15H20N4. The Balaban J connectivity index is 2.24. The Labute approximate surface area is 114 Å². The van der Waals surface area contributed by atoms with Gasteiger partial charge in [0.05, 0.1) is 11.4 Å². The molecule has 5 N–H and O–H groups in total. The van der Waals surface area contributed by atoms with Crippen LogP contribution in [0.3, 0.4) is 0 Å². The number of aryl methyl sites for hydroxylation is 1. The molecule has 0 atom stereocenters. The summed E-state index contributed by atoms with van der Waals surface area (Å²) in [7, 11) is 4.04. The van der Waals surface area contributed by atoms with Gasteiger partial charge < -0.3 is 21.7 Å². The molecule has 0 aromatic heterocycles. The fourth-order valence-electron chi connectivity index (χ4n) is 1.85. The van der Waals surface area contributed by atoms with E-state index in [2.05, 4.69) is 22.3 Å². The number of anilines is 5. The number of benzene rings is 2. The Morgan fingerprint density at radius 1 is 0.947 bits per heavy atom. The van der Waals surface area contributed by atoms with E-state index in [0.717, 1.165) is 22.6 Å². The van der Waals surface area contributed by atoms with Crippen LogP contribution in [0.15, 0.2) is 36.4 Å². The van der Waals surface area contributed by atoms with Crippen LogP contribution in [0.5, 0.6) is 0 Å². The van der Waals surface area contributed by atoms with Gasteiger partial charge in [0.1, 0.15) is 0 Å². The van der Waals surface area contributed by atoms with Crippen molar-refractivity contribution in [1.29, 1.82) is 0 Å². The quantitative estimate of drug-likeness (QED) is 0.739. The predicted molar refractivity (Wildman–Crippen MR) is 84.1 cm³/mol. The van der Waals surface area contributed by atoms with E-state index in [4.69, 9.17) is 11.5 Å². The van der Waals surface area contributed by atoms with Gasteiger partial charge in [0.2, 0.25) is 0 Å². The molecule has 0 spiro atoms. The second kappa shape index (κ2) is 5.10. The molecule has 100 valence electrons. The van der Waals surface area contributed by atoms with Crippen LogP contribution in [0, 0.1) is 6.92 Å². The first-order valence-corrected chi connectivity index (χ1v) is 6.17. The van der Waals surface area contributed by atoms with E-state index >= 15 is 0 Å². The first kappa shape index (κ1) is 13.1. The Morgan fingerprint density at radius 3 is 2.16 bits per heavy atom. The highest BCUT2D eigenvalue weighted by Gasteiger charge is 2.04. The van der Waals surface area contributed by atoms with Crippen molar-refractivity contribution in [2.75, 3.05) is 35.8 Å². The van der Waals surface area contributed by atoms with Gasteiger partial charge in [0, 0.05) is 31.2 Å². The van der Waals surface area contributed by atoms with Gasteiger partial charge in [-0.1, -0.05) is 0 Å². The summed E-state index contributed by atoms with van der Waals surface area (Å²) in [4.78, 5) is 2.06. The third-order valence-corrected chi connectivity index (χ3v) is 3.10. The molecule has 0 amide bonds. The van der Waals surface area contributed by atoms with E-state index in [1.165, 1.54) is 0 Å². The fourth-order valence-corrected chi connectivity index (χ4v) is 1.85. The van der Waals surface area contributed by atoms with Crippen molar-refractivity contribution < 1.29 is 0 Å². The highest BCUT2D eigenvalue weighted by atomic mass is 15.1. The summed E-state index contributed by atoms with van der Waals surface area (Å²) < 4.78 is 0. The van der Waals surface area contributed by atoms with Crippen LogP contribution < -0.4 is 21.7 Å². The van der Waals surface area contributed by atoms with E-state index in [1.54, 1.807) is 6.07 Å². The molecule has 0 unspecified atom stereocenters. The van der Waals surface area contributed by atoms with Gasteiger partial charge in [-0.05, 0) is 48.9 Å². The average Bonchev–Trinajstić information content (AvgIpc) is 2.36. The topological polar surface area (TPSA) is 67.3 Å². The number of hydrogen-bond acceptors (Lipinski definition) is 4. The Kier molecular flexibility index (Phi) is 3.51. The van der Waals surface area contributed by atoms with Crippen LogP contribution in [0.2, 0.25) is 0 Å². The SMILES string of the molecule is Cc1cc(Nc2ccc(N(C)C)cc2)c(N)cc1N. The number of nitrogens with one attached hydrogen (secondary N) is 1. The molecule has 0 saturated carbocycles. The summed E-state index contributed by atoms with van der Waals surface area (Å²) in [6.45, 7) is 1.97. The van der Waals surface area contributed by atoms with Crippen LogP contribution >= 0.6 is 0 Å². The van der Waals surface area contributed by atoms with Crippen molar-refractivity contribution >= 4 is 28.4 Å². The lowest BCUT2D eigenvalue weighted by atomic mass is 10.1. The minimum atomic E-state index is 0.653. The minimum Gasteiger partial charge on any atom is -0.398 e. The van der Waals surface area contributed by atoms with Crippen molar-refractivity contribution in [1.82, 2.24) is 0 Å². The summed E-state index contributed by atoms with van der Waals surface area (Å²) in [5.41, 5.74) is 17.2. The van der Waals surface area contributed by atoms with Gasteiger partial charge in [-0.25, -0.2) is 0 Å². The largest absolute Gasteiger partial charge is 0.398 e. The summed E-state index contributed by atoms with van der Waals surface area (Å²) in [5.74, 6) is 0. The lowest BCUT2D eigenvalue weighted by molar-refractivity contribution is 1.13. The first-order chi connectivity index (χ1) is 8.97. The van der Waals surface area contributed by atoms with Crippen LogP contribution in [0.4, 0.5) is 28.4 Å². The second-order valence-electron chi connectivity index (χ2n) is 4.86. The number of nitrogen functional groups attached to an aromatic ring is 2. The zero-order chi connectivity index (χ0) is 14.0. The van der Waals surface area contributed by atoms with E-state index in [0.29, 0.717) is 11.4 Å². The highest BCUT2D eigenvalue weighted by Crippen LogP contribution is 2.28. The molecule has 0 bridgehead atoms. The molecule has 2 aromatic carbocycles. The van der Waals surface area contributed by atoms with Gasteiger partial charge in [0.25, 0.3) is 0 Å². The minimum absolute atomic E-state index is 0.653. The molecule has 4 nitrogen and oxygen atoms in total. The molecule has 0 heterocycles. The Bertz CT molecular complexity index is 573. The first-order valence-electron chi connectivity index (χ1n) is 6.17. The smallest absolute Gasteiger partial charge is 0.0622 e. The standard InChI is InChI=1S/C15H20N4/c1-10-8-15(14(17)9-13(10)16)18-11-4-6-12(7-5-11)19(2)3/h4-9,18H,16-17H2,1-3H3. The monoisotopic (exact) mass is 256 g/mol. The van der Waals surface area contributed by atoms with E-state index < -0.39 is 0 Å². The van der Waals surface area contributed by atoms with E-state index in [1.807, 2.05) is 39.2 Å². The Hall–Kier alpha value is -2.36. The molecule has 4 heteroatoms. The number of nitrogens with zero attached hydrogens (tertiary/aromatic N) is 1. The zero-order valence-electron chi connectivity index (χ0n) is 11.6. The van der Waals surface area contributed by atoms with Crippen LogP contribution in [-0.4, -0.2) is 14.1 Å². The predicted octanol–water partition coefficient (Wildman–Crippen LogP) is 2.97. The van der Waals surface area contributed by atoms with Gasteiger partial charge in [-0.2, -0.15) is 0 Å². The van der Waals surface area contributed by atoms with Crippen LogP contribution in [-0.2, 0) is 0 Å². The maximum atomic E-state index is 5.97. The molecular weight excluding hydrogens is 236 g/mol. The van der Waals surface area contributed by atoms with Gasteiger partial charge in [-0.15, -0.1) is 0 Å². The highest BCUT2D eigenvalue weighted by molar-refractivity contribution is 5.77. The number of nitrogens with two attached hydrogens (primary N) is 2. The van der Waals surface area contributed by atoms with Crippen molar-refractivity contribution in [3.8, 4) is 0 Å². The average molecular weight is 256 g/mol. The normalized spacial score (nSPS) is 10.3. The van der Waals surface area contributed by atoms with Crippen molar-refractivity contribution in [3.63, 3.8) is 0 Å². The van der Waals surface area contributed by atoms with Crippen LogP contribution in [0.1, 0.15) is 5.56 Å². The summed E-state index contributed by atoms with van der Waals surface area (Å²) in [6, 6.07) is 11.9.